The summed E-state index contributed by atoms with van der Waals surface area (Å²) in [5, 5.41) is 25.7. The lowest BCUT2D eigenvalue weighted by molar-refractivity contribution is 0.696. The predicted molar refractivity (Wildman–Crippen MR) is 138 cm³/mol. The quantitative estimate of drug-likeness (QED) is 0.255. The molecule has 0 radical (unpaired) electrons. The van der Waals surface area contributed by atoms with Crippen LogP contribution in [0.4, 0.5) is 22.2 Å². The molecule has 4 N–H and O–H groups in total. The largest absolute Gasteiger partial charge is 0.369 e. The van der Waals surface area contributed by atoms with Gasteiger partial charge in [0.25, 0.3) is 0 Å². The van der Waals surface area contributed by atoms with Gasteiger partial charge in [-0.05, 0) is 55.5 Å². The van der Waals surface area contributed by atoms with Gasteiger partial charge in [0.1, 0.15) is 11.1 Å². The predicted octanol–water partition coefficient (Wildman–Crippen LogP) is 5.76. The van der Waals surface area contributed by atoms with Gasteiger partial charge in [-0.1, -0.05) is 42.5 Å². The molecule has 0 amide bonds. The van der Waals surface area contributed by atoms with Crippen LogP contribution in [0.1, 0.15) is 28.8 Å². The van der Waals surface area contributed by atoms with Crippen molar-refractivity contribution in [2.45, 2.75) is 25.7 Å². The first-order valence-electron chi connectivity index (χ1n) is 11.1. The van der Waals surface area contributed by atoms with Crippen LogP contribution in [-0.4, -0.2) is 16.2 Å². The number of benzene rings is 2. The highest BCUT2D eigenvalue weighted by molar-refractivity contribution is 7.16. The number of aryl methyl sites for hydroxylation is 1. The van der Waals surface area contributed by atoms with E-state index in [2.05, 4.69) is 31.9 Å². The third kappa shape index (κ3) is 4.60. The Labute approximate surface area is 202 Å². The highest BCUT2D eigenvalue weighted by Gasteiger charge is 2.21. The Kier molecular flexibility index (Phi) is 6.19. The van der Waals surface area contributed by atoms with Gasteiger partial charge in [0, 0.05) is 10.4 Å². The third-order valence-corrected chi connectivity index (χ3v) is 6.88. The topological polar surface area (TPSA) is 112 Å². The fraction of sp³-hybridized carbons (Fsp3) is 0.154. The third-order valence-electron chi connectivity index (χ3n) is 5.68. The van der Waals surface area contributed by atoms with Crippen molar-refractivity contribution in [2.75, 3.05) is 10.6 Å². The lowest BCUT2D eigenvalue weighted by atomic mass is 9.96. The van der Waals surface area contributed by atoms with Crippen molar-refractivity contribution in [2.24, 2.45) is 10.7 Å². The molecule has 5 rings (SSSR count). The van der Waals surface area contributed by atoms with Crippen LogP contribution in [-0.2, 0) is 12.8 Å². The van der Waals surface area contributed by atoms with Gasteiger partial charge in [0.15, 0.2) is 11.8 Å². The Balaban J connectivity index is 1.35. The van der Waals surface area contributed by atoms with E-state index in [9.17, 15) is 5.26 Å². The second-order valence-electron chi connectivity index (χ2n) is 7.96. The summed E-state index contributed by atoms with van der Waals surface area (Å²) in [6.45, 7) is 0. The molecule has 0 saturated heterocycles. The minimum Gasteiger partial charge on any atom is -0.369 e. The van der Waals surface area contributed by atoms with E-state index in [1.54, 1.807) is 17.4 Å². The summed E-state index contributed by atoms with van der Waals surface area (Å²) in [5.74, 6) is 0.606. The summed E-state index contributed by atoms with van der Waals surface area (Å²) < 4.78 is 0. The zero-order valence-corrected chi connectivity index (χ0v) is 19.3. The summed E-state index contributed by atoms with van der Waals surface area (Å²) >= 11 is 1.67. The lowest BCUT2D eigenvalue weighted by Crippen LogP contribution is -2.22. The van der Waals surface area contributed by atoms with Crippen molar-refractivity contribution in [3.05, 3.63) is 82.7 Å². The molecule has 0 spiro atoms. The first-order valence-corrected chi connectivity index (χ1v) is 11.9. The minimum atomic E-state index is 0.196. The van der Waals surface area contributed by atoms with Crippen molar-refractivity contribution in [3.8, 4) is 17.3 Å². The molecular weight excluding hydrogens is 442 g/mol. The fourth-order valence-electron chi connectivity index (χ4n) is 4.03. The molecule has 0 saturated carbocycles. The molecule has 7 nitrogen and oxygen atoms in total. The highest BCUT2D eigenvalue weighted by atomic mass is 32.1. The number of hydrogen-bond donors (Lipinski definition) is 3. The molecule has 2 heterocycles. The average Bonchev–Trinajstić information content (AvgIpc) is 3.23. The molecule has 34 heavy (non-hydrogen) atoms. The monoisotopic (exact) mass is 465 g/mol. The van der Waals surface area contributed by atoms with Crippen LogP contribution < -0.4 is 16.4 Å². The van der Waals surface area contributed by atoms with E-state index in [-0.39, 0.29) is 5.96 Å². The number of nitrogens with zero attached hydrogens (tertiary/aromatic N) is 4. The molecule has 1 aliphatic carbocycles. The standard InChI is InChI=1S/C26H23N7S/c27-16-19-18-10-4-7-13-23(18)34-25(19)29-21-11-5-6-12-22(21)30-26(28)31-24-15-14-20(32-33-24)17-8-2-1-3-9-17/h1-3,5-6,8-9,11-12,14-15,29H,4,7,10,13H2,(H3,28,30,31,33). The summed E-state index contributed by atoms with van der Waals surface area (Å²) in [6.07, 6.45) is 4.33. The van der Waals surface area contributed by atoms with Gasteiger partial charge in [-0.15, -0.1) is 21.5 Å². The second-order valence-corrected chi connectivity index (χ2v) is 9.07. The Morgan fingerprint density at radius 2 is 1.71 bits per heavy atom. The zero-order chi connectivity index (χ0) is 23.3. The van der Waals surface area contributed by atoms with Crippen molar-refractivity contribution in [3.63, 3.8) is 0 Å². The molecule has 0 unspecified atom stereocenters. The molecule has 0 aliphatic heterocycles. The van der Waals surface area contributed by atoms with E-state index < -0.39 is 0 Å². The number of para-hydroxylation sites is 2. The molecule has 2 aromatic heterocycles. The number of thiophene rings is 1. The zero-order valence-electron chi connectivity index (χ0n) is 18.5. The molecule has 0 fully saturated rings. The first-order chi connectivity index (χ1) is 16.7. The van der Waals surface area contributed by atoms with Gasteiger partial charge < -0.3 is 16.4 Å². The summed E-state index contributed by atoms with van der Waals surface area (Å²) in [5.41, 5.74) is 11.5. The lowest BCUT2D eigenvalue weighted by Gasteiger charge is -2.13. The first kappa shape index (κ1) is 21.6. The Morgan fingerprint density at radius 3 is 2.47 bits per heavy atom. The number of nitriles is 1. The number of hydrogen-bond acceptors (Lipinski definition) is 6. The fourth-order valence-corrected chi connectivity index (χ4v) is 5.28. The molecule has 1 aliphatic rings. The number of aromatic nitrogens is 2. The molecule has 2 aromatic carbocycles. The molecule has 4 aromatic rings. The van der Waals surface area contributed by atoms with Crippen molar-refractivity contribution < 1.29 is 0 Å². The maximum atomic E-state index is 9.76. The van der Waals surface area contributed by atoms with Crippen LogP contribution in [0.5, 0.6) is 0 Å². The van der Waals surface area contributed by atoms with E-state index in [0.29, 0.717) is 5.82 Å². The van der Waals surface area contributed by atoms with Gasteiger partial charge in [0.05, 0.1) is 22.6 Å². The van der Waals surface area contributed by atoms with Crippen LogP contribution >= 0.6 is 11.3 Å². The molecule has 0 bridgehead atoms. The number of aliphatic imine (C=N–C) groups is 1. The SMILES string of the molecule is N#Cc1c(Nc2ccccc2NC(N)=Nc2ccc(-c3ccccc3)nn2)sc2c1CCCC2. The number of fused-ring (bicyclic) bond motifs is 1. The number of nitrogens with one attached hydrogen (secondary N) is 2. The van der Waals surface area contributed by atoms with Crippen LogP contribution in [0.25, 0.3) is 11.3 Å². The van der Waals surface area contributed by atoms with Gasteiger partial charge >= 0.3 is 0 Å². The number of rotatable bonds is 5. The Bertz CT molecular complexity index is 1370. The van der Waals surface area contributed by atoms with Crippen molar-refractivity contribution in [1.29, 1.82) is 5.26 Å². The van der Waals surface area contributed by atoms with E-state index >= 15 is 0 Å². The van der Waals surface area contributed by atoms with Crippen molar-refractivity contribution >= 4 is 39.5 Å². The highest BCUT2D eigenvalue weighted by Crippen LogP contribution is 2.40. The molecule has 0 atom stereocenters. The van der Waals surface area contributed by atoms with E-state index in [0.717, 1.165) is 52.5 Å². The average molecular weight is 466 g/mol. The maximum absolute atomic E-state index is 9.76. The van der Waals surface area contributed by atoms with Gasteiger partial charge in [0.2, 0.25) is 0 Å². The molecule has 8 heteroatoms. The molecular formula is C26H23N7S. The maximum Gasteiger partial charge on any atom is 0.199 e. The smallest absolute Gasteiger partial charge is 0.199 e. The summed E-state index contributed by atoms with van der Waals surface area (Å²) in [6, 6.07) is 23.6. The van der Waals surface area contributed by atoms with Gasteiger partial charge in [-0.3, -0.25) is 0 Å². The number of anilines is 3. The van der Waals surface area contributed by atoms with E-state index in [1.165, 1.54) is 16.9 Å². The van der Waals surface area contributed by atoms with Crippen LogP contribution in [0.3, 0.4) is 0 Å². The van der Waals surface area contributed by atoms with Gasteiger partial charge in [-0.25, -0.2) is 0 Å². The van der Waals surface area contributed by atoms with Crippen LogP contribution in [0.15, 0.2) is 71.7 Å². The van der Waals surface area contributed by atoms with Crippen LogP contribution in [0.2, 0.25) is 0 Å². The Hall–Kier alpha value is -4.22. The minimum absolute atomic E-state index is 0.196. The van der Waals surface area contributed by atoms with Crippen molar-refractivity contribution in [1.82, 2.24) is 10.2 Å². The summed E-state index contributed by atoms with van der Waals surface area (Å²) in [4.78, 5) is 5.67. The normalized spacial score (nSPS) is 13.1. The number of guanidine groups is 1. The van der Waals surface area contributed by atoms with Crippen LogP contribution in [0, 0.1) is 11.3 Å². The molecule has 168 valence electrons. The van der Waals surface area contributed by atoms with Gasteiger partial charge in [-0.2, -0.15) is 10.3 Å². The Morgan fingerprint density at radius 1 is 0.941 bits per heavy atom. The van der Waals surface area contributed by atoms with E-state index in [1.807, 2.05) is 60.7 Å². The second kappa shape index (κ2) is 9.73. The summed E-state index contributed by atoms with van der Waals surface area (Å²) in [7, 11) is 0. The number of nitrogens with two attached hydrogens (primary N) is 1. The van der Waals surface area contributed by atoms with E-state index in [4.69, 9.17) is 5.73 Å².